The standard InChI is InChI=1S/C27H30N6O5/c34-26-22-20(2-1-3-21(22)28-27(35)31-33-11-15-37-16-12-33)25-23(26)24(29-30-25)18-4-6-19(7-5-18)38-17-10-32-8-13-36-14-9-32/h1-7H,8-17H2,(H,29,30)(H2,28,31,35). The molecule has 0 radical (unpaired) electrons. The number of morpholine rings is 2. The Morgan fingerprint density at radius 1 is 0.974 bits per heavy atom. The number of carbonyl (C=O) groups is 2. The van der Waals surface area contributed by atoms with Crippen LogP contribution in [-0.4, -0.2) is 97.7 Å². The fourth-order valence-corrected chi connectivity index (χ4v) is 4.99. The number of H-pyrrole nitrogens is 1. The van der Waals surface area contributed by atoms with E-state index < -0.39 is 6.03 Å². The van der Waals surface area contributed by atoms with E-state index in [-0.39, 0.29) is 5.78 Å². The smallest absolute Gasteiger partial charge is 0.333 e. The molecular formula is C27H30N6O5. The van der Waals surface area contributed by atoms with Crippen molar-refractivity contribution in [3.8, 4) is 28.3 Å². The van der Waals surface area contributed by atoms with Crippen LogP contribution in [0.25, 0.3) is 22.5 Å². The molecule has 11 nitrogen and oxygen atoms in total. The Bertz CT molecular complexity index is 1310. The van der Waals surface area contributed by atoms with Crippen LogP contribution < -0.4 is 15.5 Å². The normalized spacial score (nSPS) is 17.6. The van der Waals surface area contributed by atoms with E-state index in [0.717, 1.165) is 44.2 Å². The number of aromatic nitrogens is 2. The number of fused-ring (bicyclic) bond motifs is 3. The summed E-state index contributed by atoms with van der Waals surface area (Å²) in [7, 11) is 0. The van der Waals surface area contributed by atoms with Crippen LogP contribution in [0.4, 0.5) is 10.5 Å². The molecule has 38 heavy (non-hydrogen) atoms. The fraction of sp³-hybridized carbons (Fsp3) is 0.370. The van der Waals surface area contributed by atoms with Crippen molar-refractivity contribution in [1.29, 1.82) is 0 Å². The average Bonchev–Trinajstić information content (AvgIpc) is 3.50. The molecule has 2 amide bonds. The number of carbonyl (C=O) groups excluding carboxylic acids is 2. The molecule has 2 aliphatic heterocycles. The monoisotopic (exact) mass is 518 g/mol. The fourth-order valence-electron chi connectivity index (χ4n) is 4.99. The lowest BCUT2D eigenvalue weighted by Gasteiger charge is -2.27. The second-order valence-corrected chi connectivity index (χ2v) is 9.37. The SMILES string of the molecule is O=C(Nc1cccc2c1C(=O)c1c-2n[nH]c1-c1ccc(OCCN2CCOCC2)cc1)NN1CCOCC1. The molecule has 6 rings (SSSR count). The zero-order valence-electron chi connectivity index (χ0n) is 21.0. The molecule has 1 aromatic heterocycles. The predicted octanol–water partition coefficient (Wildman–Crippen LogP) is 2.37. The molecule has 3 N–H and O–H groups in total. The minimum Gasteiger partial charge on any atom is -0.492 e. The molecular weight excluding hydrogens is 488 g/mol. The minimum absolute atomic E-state index is 0.174. The van der Waals surface area contributed by atoms with E-state index in [1.165, 1.54) is 0 Å². The molecule has 0 unspecified atom stereocenters. The molecule has 0 atom stereocenters. The number of aromatic amines is 1. The van der Waals surface area contributed by atoms with Crippen molar-refractivity contribution >= 4 is 17.5 Å². The molecule has 0 bridgehead atoms. The van der Waals surface area contributed by atoms with Gasteiger partial charge < -0.3 is 19.5 Å². The zero-order valence-corrected chi connectivity index (χ0v) is 21.0. The zero-order chi connectivity index (χ0) is 25.9. The number of nitrogens with zero attached hydrogens (tertiary/aromatic N) is 3. The Kier molecular flexibility index (Phi) is 7.06. The molecule has 198 valence electrons. The first-order valence-corrected chi connectivity index (χ1v) is 12.9. The van der Waals surface area contributed by atoms with Crippen molar-refractivity contribution in [1.82, 2.24) is 25.5 Å². The summed E-state index contributed by atoms with van der Waals surface area (Å²) in [6.45, 7) is 7.18. The Morgan fingerprint density at radius 3 is 2.47 bits per heavy atom. The summed E-state index contributed by atoms with van der Waals surface area (Å²) in [6.07, 6.45) is 0. The van der Waals surface area contributed by atoms with Crippen molar-refractivity contribution in [3.05, 3.63) is 53.6 Å². The molecule has 11 heteroatoms. The maximum atomic E-state index is 13.6. The van der Waals surface area contributed by atoms with Crippen LogP contribution in [0.2, 0.25) is 0 Å². The van der Waals surface area contributed by atoms with E-state index in [1.54, 1.807) is 11.1 Å². The number of anilines is 1. The minimum atomic E-state index is -0.399. The summed E-state index contributed by atoms with van der Waals surface area (Å²) >= 11 is 0. The predicted molar refractivity (Wildman–Crippen MR) is 140 cm³/mol. The molecule has 2 aromatic carbocycles. The summed E-state index contributed by atoms with van der Waals surface area (Å²) in [4.78, 5) is 28.5. The molecule has 3 heterocycles. The summed E-state index contributed by atoms with van der Waals surface area (Å²) < 4.78 is 16.6. The largest absolute Gasteiger partial charge is 0.492 e. The van der Waals surface area contributed by atoms with Crippen molar-refractivity contribution in [3.63, 3.8) is 0 Å². The van der Waals surface area contributed by atoms with E-state index >= 15 is 0 Å². The summed E-state index contributed by atoms with van der Waals surface area (Å²) in [6, 6.07) is 12.6. The van der Waals surface area contributed by atoms with Crippen LogP contribution >= 0.6 is 0 Å². The third kappa shape index (κ3) is 5.01. The number of urea groups is 1. The van der Waals surface area contributed by atoms with Crippen molar-refractivity contribution in [2.45, 2.75) is 0 Å². The lowest BCUT2D eigenvalue weighted by Crippen LogP contribution is -2.49. The van der Waals surface area contributed by atoms with Crippen LogP contribution in [0, 0.1) is 0 Å². The number of benzene rings is 2. The van der Waals surface area contributed by atoms with Crippen molar-refractivity contribution in [2.24, 2.45) is 0 Å². The van der Waals surface area contributed by atoms with Crippen molar-refractivity contribution < 1.29 is 23.8 Å². The number of hydrazine groups is 1. The second kappa shape index (κ2) is 10.9. The van der Waals surface area contributed by atoms with Gasteiger partial charge in [0.1, 0.15) is 18.1 Å². The van der Waals surface area contributed by atoms with Crippen molar-refractivity contribution in [2.75, 3.05) is 71.1 Å². The van der Waals surface area contributed by atoms with E-state index in [1.807, 2.05) is 36.4 Å². The highest BCUT2D eigenvalue weighted by atomic mass is 16.5. The highest BCUT2D eigenvalue weighted by molar-refractivity contribution is 6.26. The van der Waals surface area contributed by atoms with Gasteiger partial charge in [0.15, 0.2) is 5.78 Å². The van der Waals surface area contributed by atoms with E-state index in [0.29, 0.717) is 66.7 Å². The highest BCUT2D eigenvalue weighted by Gasteiger charge is 2.35. The number of amides is 2. The molecule has 1 aliphatic carbocycles. The number of rotatable bonds is 7. The lowest BCUT2D eigenvalue weighted by atomic mass is 10.0. The molecule has 2 fully saturated rings. The summed E-state index contributed by atoms with van der Waals surface area (Å²) in [5.74, 6) is 0.595. The topological polar surface area (TPSA) is 121 Å². The quantitative estimate of drug-likeness (QED) is 0.341. The Labute approximate surface area is 220 Å². The number of hydrogen-bond acceptors (Lipinski definition) is 8. The Balaban J connectivity index is 1.14. The average molecular weight is 519 g/mol. The van der Waals surface area contributed by atoms with Gasteiger partial charge in [0, 0.05) is 43.9 Å². The lowest BCUT2D eigenvalue weighted by molar-refractivity contribution is 0.0207. The molecule has 3 aliphatic rings. The molecule has 3 aromatic rings. The van der Waals surface area contributed by atoms with Gasteiger partial charge in [0.25, 0.3) is 0 Å². The first-order valence-electron chi connectivity index (χ1n) is 12.9. The Morgan fingerprint density at radius 2 is 1.71 bits per heavy atom. The van der Waals surface area contributed by atoms with E-state index in [9.17, 15) is 9.59 Å². The number of hydrogen-bond donors (Lipinski definition) is 3. The molecule has 0 spiro atoms. The molecule has 0 saturated carbocycles. The third-order valence-electron chi connectivity index (χ3n) is 6.98. The maximum Gasteiger partial charge on any atom is 0.333 e. The van der Waals surface area contributed by atoms with Gasteiger partial charge in [0.2, 0.25) is 0 Å². The van der Waals surface area contributed by atoms with Gasteiger partial charge in [-0.2, -0.15) is 5.10 Å². The first-order chi connectivity index (χ1) is 18.7. The molecule has 2 saturated heterocycles. The van der Waals surface area contributed by atoms with Gasteiger partial charge in [-0.05, 0) is 30.3 Å². The third-order valence-corrected chi connectivity index (χ3v) is 6.98. The number of ketones is 1. The summed E-state index contributed by atoms with van der Waals surface area (Å²) in [5.41, 5.74) is 6.97. The number of nitrogens with one attached hydrogen (secondary N) is 3. The van der Waals surface area contributed by atoms with Gasteiger partial charge in [-0.25, -0.2) is 9.80 Å². The Hall–Kier alpha value is -3.77. The van der Waals surface area contributed by atoms with E-state index in [2.05, 4.69) is 25.8 Å². The number of ether oxygens (including phenoxy) is 3. The summed E-state index contributed by atoms with van der Waals surface area (Å²) in [5, 5.41) is 12.1. The second-order valence-electron chi connectivity index (χ2n) is 9.37. The van der Waals surface area contributed by atoms with Gasteiger partial charge in [-0.15, -0.1) is 0 Å². The van der Waals surface area contributed by atoms with Gasteiger partial charge in [0.05, 0.1) is 48.9 Å². The van der Waals surface area contributed by atoms with Crippen LogP contribution in [0.5, 0.6) is 5.75 Å². The van der Waals surface area contributed by atoms with Crippen LogP contribution in [0.1, 0.15) is 15.9 Å². The van der Waals surface area contributed by atoms with Crippen LogP contribution in [0.15, 0.2) is 42.5 Å². The van der Waals surface area contributed by atoms with E-state index in [4.69, 9.17) is 14.2 Å². The van der Waals surface area contributed by atoms with Crippen LogP contribution in [-0.2, 0) is 9.47 Å². The van der Waals surface area contributed by atoms with Gasteiger partial charge in [-0.3, -0.25) is 20.2 Å². The van der Waals surface area contributed by atoms with Gasteiger partial charge >= 0.3 is 6.03 Å². The van der Waals surface area contributed by atoms with Gasteiger partial charge in [-0.1, -0.05) is 12.1 Å². The maximum absolute atomic E-state index is 13.6. The first kappa shape index (κ1) is 24.6. The highest BCUT2D eigenvalue weighted by Crippen LogP contribution is 2.43. The van der Waals surface area contributed by atoms with Crippen LogP contribution in [0.3, 0.4) is 0 Å².